The average Bonchev–Trinajstić information content (AvgIpc) is 3.10. The summed E-state index contributed by atoms with van der Waals surface area (Å²) in [5.41, 5.74) is 2.54. The second kappa shape index (κ2) is 7.69. The molecule has 1 aromatic heterocycles. The van der Waals surface area contributed by atoms with Crippen molar-refractivity contribution in [3.8, 4) is 0 Å². The number of rotatable bonds is 4. The van der Waals surface area contributed by atoms with E-state index in [-0.39, 0.29) is 18.2 Å². The fourth-order valence-corrected chi connectivity index (χ4v) is 4.78. The maximum absolute atomic E-state index is 13.9. The SMILES string of the molecule is Cc1[nH]c2ccccc2c1C1(C(=O)Nc2ccc(Cl)cc2)CC(=O)N1c1ccc(Cl)cc1. The number of hydrogen-bond donors (Lipinski definition) is 2. The molecule has 1 atom stereocenters. The molecule has 32 heavy (non-hydrogen) atoms. The minimum Gasteiger partial charge on any atom is -0.358 e. The van der Waals surface area contributed by atoms with Crippen molar-refractivity contribution in [1.82, 2.24) is 4.98 Å². The van der Waals surface area contributed by atoms with Crippen LogP contribution in [0.1, 0.15) is 17.7 Å². The van der Waals surface area contributed by atoms with Gasteiger partial charge in [0, 0.05) is 43.6 Å². The van der Waals surface area contributed by atoms with Crippen LogP contribution in [-0.2, 0) is 15.1 Å². The molecule has 0 aliphatic carbocycles. The van der Waals surface area contributed by atoms with Gasteiger partial charge < -0.3 is 10.3 Å². The highest BCUT2D eigenvalue weighted by atomic mass is 35.5. The molecule has 2 heterocycles. The van der Waals surface area contributed by atoms with E-state index in [1.807, 2.05) is 31.2 Å². The number of aromatic nitrogens is 1. The topological polar surface area (TPSA) is 65.2 Å². The van der Waals surface area contributed by atoms with Crippen LogP contribution in [0.4, 0.5) is 11.4 Å². The number of benzene rings is 3. The molecule has 2 N–H and O–H groups in total. The normalized spacial score (nSPS) is 18.0. The summed E-state index contributed by atoms with van der Waals surface area (Å²) in [4.78, 5) is 31.8. The van der Waals surface area contributed by atoms with E-state index in [0.29, 0.717) is 21.4 Å². The van der Waals surface area contributed by atoms with Crippen LogP contribution >= 0.6 is 23.2 Å². The van der Waals surface area contributed by atoms with Gasteiger partial charge in [0.25, 0.3) is 5.91 Å². The number of hydrogen-bond acceptors (Lipinski definition) is 2. The van der Waals surface area contributed by atoms with Crippen LogP contribution in [0.25, 0.3) is 10.9 Å². The van der Waals surface area contributed by atoms with E-state index in [9.17, 15) is 9.59 Å². The zero-order chi connectivity index (χ0) is 22.5. The monoisotopic (exact) mass is 463 g/mol. The van der Waals surface area contributed by atoms with Crippen molar-refractivity contribution in [3.63, 3.8) is 0 Å². The van der Waals surface area contributed by atoms with Gasteiger partial charge in [-0.1, -0.05) is 41.4 Å². The molecule has 0 saturated carbocycles. The number of β-lactam (4-membered cyclic amide) rings is 1. The number of carbonyl (C=O) groups is 2. The Kier molecular flexibility index (Phi) is 4.96. The highest BCUT2D eigenvalue weighted by Gasteiger charge is 2.60. The number of nitrogens with one attached hydrogen (secondary N) is 2. The summed E-state index contributed by atoms with van der Waals surface area (Å²) in [6.45, 7) is 1.93. The highest BCUT2D eigenvalue weighted by Crippen LogP contribution is 2.49. The molecule has 0 spiro atoms. The smallest absolute Gasteiger partial charge is 0.256 e. The van der Waals surface area contributed by atoms with Crippen LogP contribution in [-0.4, -0.2) is 16.8 Å². The quantitative estimate of drug-likeness (QED) is 0.361. The second-order valence-corrected chi connectivity index (χ2v) is 8.75. The van der Waals surface area contributed by atoms with E-state index in [2.05, 4.69) is 10.3 Å². The average molecular weight is 464 g/mol. The standard InChI is InChI=1S/C25H19Cl2N3O2/c1-15-23(20-4-2-3-5-21(20)28-15)25(24(32)29-18-10-6-16(26)7-11-18)14-22(31)30(25)19-12-8-17(27)9-13-19/h2-13,28H,14H2,1H3,(H,29,32). The Bertz CT molecular complexity index is 1350. The lowest BCUT2D eigenvalue weighted by Gasteiger charge is -2.50. The Morgan fingerprint density at radius 3 is 2.25 bits per heavy atom. The van der Waals surface area contributed by atoms with Gasteiger partial charge >= 0.3 is 0 Å². The van der Waals surface area contributed by atoms with E-state index in [1.165, 1.54) is 0 Å². The van der Waals surface area contributed by atoms with E-state index in [0.717, 1.165) is 22.2 Å². The zero-order valence-corrected chi connectivity index (χ0v) is 18.7. The van der Waals surface area contributed by atoms with Gasteiger partial charge in [0.2, 0.25) is 5.91 Å². The van der Waals surface area contributed by atoms with Crippen LogP contribution in [0.3, 0.4) is 0 Å². The molecular weight excluding hydrogens is 445 g/mol. The number of aryl methyl sites for hydroxylation is 1. The summed E-state index contributed by atoms with van der Waals surface area (Å²) in [6.07, 6.45) is 0.0533. The van der Waals surface area contributed by atoms with Crippen molar-refractivity contribution >= 4 is 57.3 Å². The minimum absolute atomic E-state index is 0.0533. The van der Waals surface area contributed by atoms with Crippen molar-refractivity contribution in [3.05, 3.63) is 94.1 Å². The molecular formula is C25H19Cl2N3O2. The lowest BCUT2D eigenvalue weighted by molar-refractivity contribution is -0.137. The molecule has 5 nitrogen and oxygen atoms in total. The first-order valence-electron chi connectivity index (χ1n) is 10.1. The maximum atomic E-state index is 13.9. The molecule has 1 aliphatic rings. The Balaban J connectivity index is 1.69. The van der Waals surface area contributed by atoms with Gasteiger partial charge in [-0.2, -0.15) is 0 Å². The molecule has 4 aromatic rings. The molecule has 5 rings (SSSR count). The third kappa shape index (κ3) is 3.17. The molecule has 0 bridgehead atoms. The number of anilines is 2. The first-order chi connectivity index (χ1) is 15.4. The van der Waals surface area contributed by atoms with Gasteiger partial charge in [-0.25, -0.2) is 0 Å². The molecule has 3 aromatic carbocycles. The van der Waals surface area contributed by atoms with Gasteiger partial charge in [-0.05, 0) is 61.5 Å². The number of halogens is 2. The van der Waals surface area contributed by atoms with Gasteiger partial charge in [0.15, 0.2) is 5.54 Å². The summed E-state index contributed by atoms with van der Waals surface area (Å²) in [6, 6.07) is 21.6. The number of nitrogens with zero attached hydrogens (tertiary/aromatic N) is 1. The number of H-pyrrole nitrogens is 1. The largest absolute Gasteiger partial charge is 0.358 e. The van der Waals surface area contributed by atoms with Crippen LogP contribution in [0.15, 0.2) is 72.8 Å². The summed E-state index contributed by atoms with van der Waals surface area (Å²) in [7, 11) is 0. The molecule has 1 saturated heterocycles. The van der Waals surface area contributed by atoms with Gasteiger partial charge in [0.05, 0.1) is 6.42 Å². The molecule has 7 heteroatoms. The number of para-hydroxylation sites is 1. The van der Waals surface area contributed by atoms with Crippen molar-refractivity contribution in [1.29, 1.82) is 0 Å². The molecule has 0 radical (unpaired) electrons. The molecule has 160 valence electrons. The zero-order valence-electron chi connectivity index (χ0n) is 17.2. The Morgan fingerprint density at radius 1 is 0.969 bits per heavy atom. The maximum Gasteiger partial charge on any atom is 0.256 e. The third-order valence-electron chi connectivity index (χ3n) is 5.91. The van der Waals surface area contributed by atoms with Crippen LogP contribution in [0.2, 0.25) is 10.0 Å². The fourth-order valence-electron chi connectivity index (χ4n) is 4.53. The first-order valence-corrected chi connectivity index (χ1v) is 10.9. The summed E-state index contributed by atoms with van der Waals surface area (Å²) in [5.74, 6) is -0.425. The van der Waals surface area contributed by atoms with Crippen LogP contribution in [0, 0.1) is 6.92 Å². The van der Waals surface area contributed by atoms with E-state index in [4.69, 9.17) is 23.2 Å². The number of carbonyl (C=O) groups excluding carboxylic acids is 2. The van der Waals surface area contributed by atoms with Gasteiger partial charge in [-0.3, -0.25) is 14.5 Å². The highest BCUT2D eigenvalue weighted by molar-refractivity contribution is 6.31. The summed E-state index contributed by atoms with van der Waals surface area (Å²) in [5, 5.41) is 5.03. The van der Waals surface area contributed by atoms with E-state index in [1.54, 1.807) is 53.4 Å². The van der Waals surface area contributed by atoms with Crippen molar-refractivity contribution in [2.24, 2.45) is 0 Å². The van der Waals surface area contributed by atoms with Crippen LogP contribution < -0.4 is 10.2 Å². The lowest BCUT2D eigenvalue weighted by Crippen LogP contribution is -2.67. The molecule has 1 unspecified atom stereocenters. The predicted molar refractivity (Wildman–Crippen MR) is 128 cm³/mol. The Labute approximate surface area is 194 Å². The van der Waals surface area contributed by atoms with Gasteiger partial charge in [-0.15, -0.1) is 0 Å². The molecule has 1 aliphatic heterocycles. The number of aromatic amines is 1. The number of amides is 2. The lowest BCUT2D eigenvalue weighted by atomic mass is 9.74. The van der Waals surface area contributed by atoms with Gasteiger partial charge in [0.1, 0.15) is 0 Å². The van der Waals surface area contributed by atoms with Crippen molar-refractivity contribution in [2.45, 2.75) is 18.9 Å². The number of fused-ring (bicyclic) bond motifs is 1. The summed E-state index contributed by atoms with van der Waals surface area (Å²) < 4.78 is 0. The fraction of sp³-hybridized carbons (Fsp3) is 0.120. The van der Waals surface area contributed by atoms with Crippen molar-refractivity contribution < 1.29 is 9.59 Å². The Morgan fingerprint density at radius 2 is 1.59 bits per heavy atom. The van der Waals surface area contributed by atoms with Crippen LogP contribution in [0.5, 0.6) is 0 Å². The van der Waals surface area contributed by atoms with Crippen molar-refractivity contribution in [2.75, 3.05) is 10.2 Å². The summed E-state index contributed by atoms with van der Waals surface area (Å²) >= 11 is 12.1. The Hall–Kier alpha value is -3.28. The third-order valence-corrected chi connectivity index (χ3v) is 6.41. The first kappa shape index (κ1) is 20.6. The van der Waals surface area contributed by atoms with E-state index >= 15 is 0 Å². The minimum atomic E-state index is -1.21. The molecule has 1 fully saturated rings. The van der Waals surface area contributed by atoms with E-state index < -0.39 is 5.54 Å². The predicted octanol–water partition coefficient (Wildman–Crippen LogP) is 6.05. The second-order valence-electron chi connectivity index (χ2n) is 7.87. The molecule has 2 amide bonds.